The highest BCUT2D eigenvalue weighted by Gasteiger charge is 1.94. The zero-order chi connectivity index (χ0) is 14.2. The van der Waals surface area contributed by atoms with E-state index in [1.807, 2.05) is 48.5 Å². The summed E-state index contributed by atoms with van der Waals surface area (Å²) in [4.78, 5) is 0. The third-order valence-electron chi connectivity index (χ3n) is 2.85. The molecule has 0 saturated carbocycles. The zero-order valence-corrected chi connectivity index (χ0v) is 12.1. The number of benzene rings is 2. The highest BCUT2D eigenvalue weighted by molar-refractivity contribution is 6.30. The molecule has 0 aliphatic heterocycles. The third-order valence-corrected chi connectivity index (χ3v) is 3.08. The summed E-state index contributed by atoms with van der Waals surface area (Å²) in [6.07, 6.45) is 5.58. The van der Waals surface area contributed by atoms with E-state index in [1.54, 1.807) is 13.4 Å². The van der Waals surface area contributed by atoms with Crippen molar-refractivity contribution in [2.24, 2.45) is 0 Å². The summed E-state index contributed by atoms with van der Waals surface area (Å²) >= 11 is 5.94. The molecule has 0 aliphatic carbocycles. The molecule has 0 spiro atoms. The second kappa shape index (κ2) is 7.61. The van der Waals surface area contributed by atoms with Crippen LogP contribution in [-0.2, 0) is 6.42 Å². The topological polar surface area (TPSA) is 18.5 Å². The molecule has 0 unspecified atom stereocenters. The van der Waals surface area contributed by atoms with Gasteiger partial charge in [0.2, 0.25) is 0 Å². The number of halogens is 1. The Hall–Kier alpha value is -1.93. The first-order valence-electron chi connectivity index (χ1n) is 6.48. The SMILES string of the molecule is COc1ccc(OC=CCCc2cccc(Cl)c2)cc1. The van der Waals surface area contributed by atoms with Gasteiger partial charge in [-0.15, -0.1) is 0 Å². The van der Waals surface area contributed by atoms with Crippen LogP contribution in [0.2, 0.25) is 5.02 Å². The van der Waals surface area contributed by atoms with Gasteiger partial charge in [0.1, 0.15) is 11.5 Å². The largest absolute Gasteiger partial charge is 0.497 e. The minimum absolute atomic E-state index is 0.779. The monoisotopic (exact) mass is 288 g/mol. The quantitative estimate of drug-likeness (QED) is 0.706. The molecule has 0 bridgehead atoms. The molecule has 2 nitrogen and oxygen atoms in total. The summed E-state index contributed by atoms with van der Waals surface area (Å²) in [5, 5.41) is 0.779. The number of hydrogen-bond acceptors (Lipinski definition) is 2. The Kier molecular flexibility index (Phi) is 5.51. The van der Waals surface area contributed by atoms with Crippen molar-refractivity contribution in [3.05, 3.63) is 71.5 Å². The standard InChI is InChI=1S/C17H17ClO2/c1-19-16-8-10-17(11-9-16)20-12-3-2-5-14-6-4-7-15(18)13-14/h3-4,6-13H,2,5H2,1H3. The molecule has 3 heteroatoms. The summed E-state index contributed by atoms with van der Waals surface area (Å²) in [6.45, 7) is 0. The Morgan fingerprint density at radius 2 is 1.80 bits per heavy atom. The highest BCUT2D eigenvalue weighted by atomic mass is 35.5. The van der Waals surface area contributed by atoms with Gasteiger partial charge in [-0.05, 0) is 60.9 Å². The number of hydrogen-bond donors (Lipinski definition) is 0. The molecular formula is C17H17ClO2. The second-order valence-corrected chi connectivity index (χ2v) is 4.77. The molecule has 0 aromatic heterocycles. The van der Waals surface area contributed by atoms with E-state index in [4.69, 9.17) is 21.1 Å². The lowest BCUT2D eigenvalue weighted by Gasteiger charge is -2.02. The van der Waals surface area contributed by atoms with Crippen LogP contribution < -0.4 is 9.47 Å². The highest BCUT2D eigenvalue weighted by Crippen LogP contribution is 2.17. The van der Waals surface area contributed by atoms with Gasteiger partial charge >= 0.3 is 0 Å². The van der Waals surface area contributed by atoms with Crippen molar-refractivity contribution in [2.45, 2.75) is 12.8 Å². The fourth-order valence-electron chi connectivity index (χ4n) is 1.79. The van der Waals surface area contributed by atoms with E-state index in [0.29, 0.717) is 0 Å². The van der Waals surface area contributed by atoms with E-state index in [-0.39, 0.29) is 0 Å². The van der Waals surface area contributed by atoms with Crippen LogP contribution in [0.1, 0.15) is 12.0 Å². The lowest BCUT2D eigenvalue weighted by atomic mass is 10.1. The number of aryl methyl sites for hydroxylation is 1. The van der Waals surface area contributed by atoms with Gasteiger partial charge in [0.15, 0.2) is 0 Å². The van der Waals surface area contributed by atoms with Crippen molar-refractivity contribution < 1.29 is 9.47 Å². The van der Waals surface area contributed by atoms with Gasteiger partial charge in [0, 0.05) is 5.02 Å². The molecule has 0 radical (unpaired) electrons. The number of ether oxygens (including phenoxy) is 2. The van der Waals surface area contributed by atoms with Gasteiger partial charge in [-0.25, -0.2) is 0 Å². The Morgan fingerprint density at radius 1 is 1.05 bits per heavy atom. The summed E-state index contributed by atoms with van der Waals surface area (Å²) in [5.41, 5.74) is 1.23. The molecule has 0 saturated heterocycles. The van der Waals surface area contributed by atoms with E-state index >= 15 is 0 Å². The predicted molar refractivity (Wildman–Crippen MR) is 82.5 cm³/mol. The van der Waals surface area contributed by atoms with Crippen molar-refractivity contribution in [1.29, 1.82) is 0 Å². The lowest BCUT2D eigenvalue weighted by Crippen LogP contribution is -1.86. The van der Waals surface area contributed by atoms with Crippen LogP contribution in [0.4, 0.5) is 0 Å². The van der Waals surface area contributed by atoms with E-state index in [1.165, 1.54) is 5.56 Å². The Bertz CT molecular complexity index is 561. The average Bonchev–Trinajstić information content (AvgIpc) is 2.48. The first-order valence-corrected chi connectivity index (χ1v) is 6.86. The molecule has 2 rings (SSSR count). The zero-order valence-electron chi connectivity index (χ0n) is 11.4. The van der Waals surface area contributed by atoms with Gasteiger partial charge in [-0.3, -0.25) is 0 Å². The molecule has 0 heterocycles. The molecule has 0 N–H and O–H groups in total. The van der Waals surface area contributed by atoms with Crippen molar-refractivity contribution in [1.82, 2.24) is 0 Å². The maximum Gasteiger partial charge on any atom is 0.126 e. The van der Waals surface area contributed by atoms with E-state index in [0.717, 1.165) is 29.4 Å². The maximum absolute atomic E-state index is 5.94. The number of allylic oxidation sites excluding steroid dienone is 1. The van der Waals surface area contributed by atoms with Gasteiger partial charge in [0.25, 0.3) is 0 Å². The third kappa shape index (κ3) is 4.63. The van der Waals surface area contributed by atoms with Gasteiger partial charge < -0.3 is 9.47 Å². The second-order valence-electron chi connectivity index (χ2n) is 4.33. The van der Waals surface area contributed by atoms with Crippen molar-refractivity contribution >= 4 is 11.6 Å². The van der Waals surface area contributed by atoms with E-state index in [9.17, 15) is 0 Å². The molecule has 0 atom stereocenters. The summed E-state index contributed by atoms with van der Waals surface area (Å²) in [6, 6.07) is 15.4. The molecular weight excluding hydrogens is 272 g/mol. The van der Waals surface area contributed by atoms with E-state index < -0.39 is 0 Å². The normalized spacial score (nSPS) is 10.7. The van der Waals surface area contributed by atoms with Crippen molar-refractivity contribution in [3.8, 4) is 11.5 Å². The summed E-state index contributed by atoms with van der Waals surface area (Å²) < 4.78 is 10.6. The molecule has 20 heavy (non-hydrogen) atoms. The molecule has 104 valence electrons. The fraction of sp³-hybridized carbons (Fsp3) is 0.176. The predicted octanol–water partition coefficient (Wildman–Crippen LogP) is 4.87. The Labute approximate surface area is 124 Å². The van der Waals surface area contributed by atoms with E-state index in [2.05, 4.69) is 6.07 Å². The molecule has 0 fully saturated rings. The van der Waals surface area contributed by atoms with Crippen LogP contribution in [0.15, 0.2) is 60.9 Å². The van der Waals surface area contributed by atoms with Crippen molar-refractivity contribution in [3.63, 3.8) is 0 Å². The van der Waals surface area contributed by atoms with Crippen molar-refractivity contribution in [2.75, 3.05) is 7.11 Å². The van der Waals surface area contributed by atoms with Crippen LogP contribution in [0, 0.1) is 0 Å². The van der Waals surface area contributed by atoms with Gasteiger partial charge in [-0.1, -0.05) is 23.7 Å². The Morgan fingerprint density at radius 3 is 2.50 bits per heavy atom. The van der Waals surface area contributed by atoms with Crippen LogP contribution in [0.25, 0.3) is 0 Å². The maximum atomic E-state index is 5.94. The number of rotatable bonds is 6. The molecule has 0 amide bonds. The first-order chi connectivity index (χ1) is 9.78. The first kappa shape index (κ1) is 14.5. The summed E-state index contributed by atoms with van der Waals surface area (Å²) in [5.74, 6) is 1.62. The minimum Gasteiger partial charge on any atom is -0.497 e. The summed E-state index contributed by atoms with van der Waals surface area (Å²) in [7, 11) is 1.64. The van der Waals surface area contributed by atoms with Crippen LogP contribution in [0.3, 0.4) is 0 Å². The average molecular weight is 289 g/mol. The molecule has 0 aliphatic rings. The fourth-order valence-corrected chi connectivity index (χ4v) is 2.00. The molecule has 2 aromatic carbocycles. The van der Waals surface area contributed by atoms with Gasteiger partial charge in [-0.2, -0.15) is 0 Å². The molecule has 2 aromatic rings. The number of methoxy groups -OCH3 is 1. The van der Waals surface area contributed by atoms with Crippen LogP contribution >= 0.6 is 11.6 Å². The van der Waals surface area contributed by atoms with Gasteiger partial charge in [0.05, 0.1) is 13.4 Å². The van der Waals surface area contributed by atoms with Crippen LogP contribution in [0.5, 0.6) is 11.5 Å². The minimum atomic E-state index is 0.779. The Balaban J connectivity index is 1.76. The lowest BCUT2D eigenvalue weighted by molar-refractivity contribution is 0.412. The van der Waals surface area contributed by atoms with Crippen LogP contribution in [-0.4, -0.2) is 7.11 Å². The smallest absolute Gasteiger partial charge is 0.126 e.